The van der Waals surface area contributed by atoms with Crippen LogP contribution in [0, 0.1) is 0 Å². The first kappa shape index (κ1) is 31.8. The summed E-state index contributed by atoms with van der Waals surface area (Å²) in [7, 11) is 0. The van der Waals surface area contributed by atoms with Crippen molar-refractivity contribution in [1.29, 1.82) is 0 Å². The van der Waals surface area contributed by atoms with E-state index in [9.17, 15) is 40.7 Å². The fraction of sp³-hybridized carbons (Fsp3) is 0.464. The van der Waals surface area contributed by atoms with Crippen LogP contribution in [0.5, 0.6) is 0 Å². The highest BCUT2D eigenvalue weighted by molar-refractivity contribution is 5.95. The predicted octanol–water partition coefficient (Wildman–Crippen LogP) is 5.58. The van der Waals surface area contributed by atoms with E-state index in [4.69, 9.17) is 4.74 Å². The zero-order valence-corrected chi connectivity index (χ0v) is 22.7. The number of nitrogens with zero attached hydrogens (tertiary/aromatic N) is 1. The molecule has 2 N–H and O–H groups in total. The highest BCUT2D eigenvalue weighted by Crippen LogP contribution is 2.37. The van der Waals surface area contributed by atoms with Gasteiger partial charge in [0, 0.05) is 24.2 Å². The first-order chi connectivity index (χ1) is 18.9. The normalized spacial score (nSPS) is 18.0. The van der Waals surface area contributed by atoms with Gasteiger partial charge in [-0.1, -0.05) is 30.3 Å². The summed E-state index contributed by atoms with van der Waals surface area (Å²) in [5, 5.41) is 5.11. The molecule has 224 valence electrons. The van der Waals surface area contributed by atoms with Crippen molar-refractivity contribution in [3.8, 4) is 0 Å². The molecule has 0 bridgehead atoms. The third-order valence-corrected chi connectivity index (χ3v) is 6.28. The maximum atomic E-state index is 13.4. The molecule has 0 unspecified atom stereocenters. The molecule has 3 amide bonds. The van der Waals surface area contributed by atoms with E-state index in [0.29, 0.717) is 12.1 Å². The van der Waals surface area contributed by atoms with Crippen LogP contribution >= 0.6 is 0 Å². The zero-order valence-electron chi connectivity index (χ0n) is 22.7. The fourth-order valence-corrected chi connectivity index (χ4v) is 4.52. The lowest BCUT2D eigenvalue weighted by Crippen LogP contribution is -2.53. The van der Waals surface area contributed by atoms with E-state index >= 15 is 0 Å². The van der Waals surface area contributed by atoms with Gasteiger partial charge in [0.25, 0.3) is 5.91 Å². The van der Waals surface area contributed by atoms with Crippen LogP contribution in [-0.4, -0.2) is 53.6 Å². The number of alkyl halides is 6. The van der Waals surface area contributed by atoms with Gasteiger partial charge in [0.05, 0.1) is 11.1 Å². The summed E-state index contributed by atoms with van der Waals surface area (Å²) in [4.78, 5) is 39.0. The average molecular weight is 588 g/mol. The largest absolute Gasteiger partial charge is 0.444 e. The molecule has 2 aromatic carbocycles. The molecule has 0 radical (unpaired) electrons. The van der Waals surface area contributed by atoms with Crippen molar-refractivity contribution in [3.63, 3.8) is 0 Å². The molecule has 0 spiro atoms. The first-order valence-electron chi connectivity index (χ1n) is 12.8. The molecule has 7 nitrogen and oxygen atoms in total. The summed E-state index contributed by atoms with van der Waals surface area (Å²) in [5.74, 6) is -1.49. The topological polar surface area (TPSA) is 87.7 Å². The number of hydrogen-bond acceptors (Lipinski definition) is 4. The molecule has 1 aliphatic rings. The maximum Gasteiger partial charge on any atom is 0.416 e. The van der Waals surface area contributed by atoms with E-state index in [1.54, 1.807) is 51.1 Å². The van der Waals surface area contributed by atoms with Crippen molar-refractivity contribution >= 4 is 17.9 Å². The standard InChI is InChI=1S/C28H31F6N3O4/c1-26(2,3)41-25(40)35-16-23(38)36-21-9-10-37(22(15-21)11-17-7-5-4-6-8-17)24(39)18-12-19(27(29,30)31)14-20(13-18)28(32,33)34/h4-8,12-14,21-22H,9-11,15-16H2,1-3H3,(H,35,40)(H,36,38)/t21-,22+/m0/s1. The monoisotopic (exact) mass is 587 g/mol. The van der Waals surface area contributed by atoms with Crippen molar-refractivity contribution in [2.75, 3.05) is 13.1 Å². The molecule has 0 aromatic heterocycles. The predicted molar refractivity (Wildman–Crippen MR) is 137 cm³/mol. The quantitative estimate of drug-likeness (QED) is 0.432. The van der Waals surface area contributed by atoms with E-state index in [0.717, 1.165) is 5.56 Å². The Bertz CT molecular complexity index is 1210. The Balaban J connectivity index is 1.80. The van der Waals surface area contributed by atoms with Crippen LogP contribution in [0.2, 0.25) is 0 Å². The number of alkyl carbamates (subject to hydrolysis) is 1. The van der Waals surface area contributed by atoms with Gasteiger partial charge in [-0.2, -0.15) is 26.3 Å². The van der Waals surface area contributed by atoms with E-state index in [1.807, 2.05) is 0 Å². The summed E-state index contributed by atoms with van der Waals surface area (Å²) < 4.78 is 85.5. The van der Waals surface area contributed by atoms with E-state index in [1.165, 1.54) is 4.90 Å². The Labute approximate surface area is 233 Å². The van der Waals surface area contributed by atoms with E-state index in [2.05, 4.69) is 10.6 Å². The number of amides is 3. The number of hydrogen-bond donors (Lipinski definition) is 2. The van der Waals surface area contributed by atoms with Crippen LogP contribution in [-0.2, 0) is 28.3 Å². The van der Waals surface area contributed by atoms with Crippen molar-refractivity contribution in [2.24, 2.45) is 0 Å². The summed E-state index contributed by atoms with van der Waals surface area (Å²) in [6.07, 6.45) is -10.3. The van der Waals surface area contributed by atoms with Gasteiger partial charge in [-0.05, 0) is 63.8 Å². The highest BCUT2D eigenvalue weighted by Gasteiger charge is 2.39. The van der Waals surface area contributed by atoms with Crippen LogP contribution in [0.15, 0.2) is 48.5 Å². The van der Waals surface area contributed by atoms with Gasteiger partial charge in [-0.15, -0.1) is 0 Å². The number of piperidine rings is 1. The van der Waals surface area contributed by atoms with E-state index in [-0.39, 0.29) is 38.4 Å². The van der Waals surface area contributed by atoms with Gasteiger partial charge in [-0.3, -0.25) is 9.59 Å². The summed E-state index contributed by atoms with van der Waals surface area (Å²) in [6, 6.07) is 8.56. The number of rotatable bonds is 6. The molecular formula is C28H31F6N3O4. The average Bonchev–Trinajstić information content (AvgIpc) is 2.85. The molecule has 41 heavy (non-hydrogen) atoms. The van der Waals surface area contributed by atoms with Crippen LogP contribution in [0.1, 0.15) is 60.7 Å². The maximum absolute atomic E-state index is 13.4. The molecule has 1 heterocycles. The molecule has 2 aromatic rings. The third-order valence-electron chi connectivity index (χ3n) is 6.28. The van der Waals surface area contributed by atoms with E-state index < -0.39 is 64.6 Å². The molecule has 0 aliphatic carbocycles. The number of nitrogens with one attached hydrogen (secondary N) is 2. The van der Waals surface area contributed by atoms with Gasteiger partial charge < -0.3 is 20.3 Å². The van der Waals surface area contributed by atoms with Gasteiger partial charge in [0.1, 0.15) is 12.1 Å². The fourth-order valence-electron chi connectivity index (χ4n) is 4.52. The van der Waals surface area contributed by atoms with Gasteiger partial charge >= 0.3 is 18.4 Å². The van der Waals surface area contributed by atoms with Crippen LogP contribution < -0.4 is 10.6 Å². The number of likely N-dealkylation sites (tertiary alicyclic amines) is 1. The third kappa shape index (κ3) is 9.39. The SMILES string of the molecule is CC(C)(C)OC(=O)NCC(=O)N[C@H]1CCN(C(=O)c2cc(C(F)(F)F)cc(C(F)(F)F)c2)[C@H](Cc2ccccc2)C1. The van der Waals surface area contributed by atoms with Gasteiger partial charge in [0.15, 0.2) is 0 Å². The van der Waals surface area contributed by atoms with Crippen LogP contribution in [0.3, 0.4) is 0 Å². The van der Waals surface area contributed by atoms with Crippen molar-refractivity contribution in [2.45, 2.75) is 70.1 Å². The minimum atomic E-state index is -5.09. The zero-order chi connectivity index (χ0) is 30.6. The highest BCUT2D eigenvalue weighted by atomic mass is 19.4. The lowest BCUT2D eigenvalue weighted by Gasteiger charge is -2.40. The Morgan fingerprint density at radius 1 is 0.927 bits per heavy atom. The van der Waals surface area contributed by atoms with Crippen molar-refractivity contribution in [1.82, 2.24) is 15.5 Å². The smallest absolute Gasteiger partial charge is 0.416 e. The number of halogens is 6. The second kappa shape index (κ2) is 12.4. The second-order valence-electron chi connectivity index (χ2n) is 10.8. The number of ether oxygens (including phenoxy) is 1. The van der Waals surface area contributed by atoms with Gasteiger partial charge in [0.2, 0.25) is 5.91 Å². The first-order valence-corrected chi connectivity index (χ1v) is 12.8. The number of carbonyl (C=O) groups excluding carboxylic acids is 3. The molecular weight excluding hydrogens is 556 g/mol. The minimum absolute atomic E-state index is 0.0225. The summed E-state index contributed by atoms with van der Waals surface area (Å²) in [5.41, 5.74) is -3.85. The number of benzene rings is 2. The lowest BCUT2D eigenvalue weighted by molar-refractivity contribution is -0.143. The van der Waals surface area contributed by atoms with Gasteiger partial charge in [-0.25, -0.2) is 4.79 Å². The molecule has 2 atom stereocenters. The number of carbonyl (C=O) groups is 3. The molecule has 3 rings (SSSR count). The minimum Gasteiger partial charge on any atom is -0.444 e. The lowest BCUT2D eigenvalue weighted by atomic mass is 9.91. The van der Waals surface area contributed by atoms with Crippen LogP contribution in [0.4, 0.5) is 31.1 Å². The Hall–Kier alpha value is -3.77. The molecule has 1 fully saturated rings. The molecule has 1 saturated heterocycles. The Morgan fingerprint density at radius 2 is 1.51 bits per heavy atom. The molecule has 1 aliphatic heterocycles. The van der Waals surface area contributed by atoms with Crippen LogP contribution in [0.25, 0.3) is 0 Å². The summed E-state index contributed by atoms with van der Waals surface area (Å²) in [6.45, 7) is 4.59. The second-order valence-corrected chi connectivity index (χ2v) is 10.8. The molecule has 0 saturated carbocycles. The molecule has 13 heteroatoms. The Kier molecular flexibility index (Phi) is 9.60. The van der Waals surface area contributed by atoms with Crippen molar-refractivity contribution in [3.05, 3.63) is 70.8 Å². The Morgan fingerprint density at radius 3 is 2.05 bits per heavy atom. The van der Waals surface area contributed by atoms with Crippen molar-refractivity contribution < 1.29 is 45.5 Å². The summed E-state index contributed by atoms with van der Waals surface area (Å²) >= 11 is 0.